The van der Waals surface area contributed by atoms with Crippen LogP contribution in [0.4, 0.5) is 0 Å². The van der Waals surface area contributed by atoms with E-state index >= 15 is 0 Å². The zero-order valence-corrected chi connectivity index (χ0v) is 10.8. The first-order chi connectivity index (χ1) is 3.83. The van der Waals surface area contributed by atoms with E-state index < -0.39 is 0 Å². The third kappa shape index (κ3) is 94.9. The molecule has 0 aromatic rings. The van der Waals surface area contributed by atoms with Gasteiger partial charge in [0.1, 0.15) is 0 Å². The van der Waals surface area contributed by atoms with Crippen molar-refractivity contribution in [3.8, 4) is 0 Å². The summed E-state index contributed by atoms with van der Waals surface area (Å²) in [5, 5.41) is 17.3. The van der Waals surface area contributed by atoms with E-state index in [4.69, 9.17) is 16.3 Å². The van der Waals surface area contributed by atoms with Crippen LogP contribution in [-0.4, -0.2) is 12.4 Å². The largest absolute Gasteiger partial charge is 2.00 e. The molecule has 0 aliphatic carbocycles. The number of hydrogen-bond donors (Lipinski definition) is 0. The Morgan fingerprint density at radius 2 is 1.30 bits per heavy atom. The van der Waals surface area contributed by atoms with Gasteiger partial charge in [0, 0.05) is 0 Å². The van der Waals surface area contributed by atoms with E-state index in [1.165, 1.54) is 0 Å². The van der Waals surface area contributed by atoms with Crippen LogP contribution in [-0.2, 0) is 42.1 Å². The minimum absolute atomic E-state index is 0. The van der Waals surface area contributed by atoms with E-state index in [0.29, 0.717) is 12.4 Å². The van der Waals surface area contributed by atoms with Crippen molar-refractivity contribution in [3.63, 3.8) is 0 Å². The second kappa shape index (κ2) is 35.7. The first kappa shape index (κ1) is 22.5. The van der Waals surface area contributed by atoms with Gasteiger partial charge in [-0.15, -0.1) is 0 Å². The van der Waals surface area contributed by atoms with Gasteiger partial charge in [-0.05, 0) is 0 Å². The molecule has 0 radical (unpaired) electrons. The minimum atomic E-state index is 0. The van der Waals surface area contributed by atoms with Gasteiger partial charge in [0.05, 0.1) is 0 Å². The Morgan fingerprint density at radius 3 is 1.30 bits per heavy atom. The Bertz CT molecular complexity index is 69.3. The van der Waals surface area contributed by atoms with Crippen molar-refractivity contribution in [1.29, 1.82) is 0 Å². The average molecular weight is 476 g/mol. The van der Waals surface area contributed by atoms with Crippen molar-refractivity contribution in [2.24, 2.45) is 5.11 Å². The Kier molecular flexibility index (Phi) is 80.3. The average Bonchev–Trinajstić information content (AvgIpc) is 1.88. The normalized spacial score (nSPS) is 4.00. The maximum absolute atomic E-state index is 7.44. The number of hydrogen-bond acceptors (Lipinski definition) is 1. The summed E-state index contributed by atoms with van der Waals surface area (Å²) in [7, 11) is 0. The maximum Gasteiger partial charge on any atom is 2.00 e. The van der Waals surface area contributed by atoms with Crippen LogP contribution < -0.4 is 0 Å². The predicted octanol–water partition coefficient (Wildman–Crippen LogP) is 1.22. The summed E-state index contributed by atoms with van der Waals surface area (Å²) in [6, 6.07) is 0. The number of rotatable bonds is 2. The van der Waals surface area contributed by atoms with Crippen LogP contribution in [0.2, 0.25) is 0 Å². The molecule has 52 valence electrons. The third-order valence-electron chi connectivity index (χ3n) is 0.133. The third-order valence-corrected chi connectivity index (χ3v) is 0.133. The van der Waals surface area contributed by atoms with Crippen LogP contribution in [0.15, 0.2) is 11.3 Å². The minimum Gasteiger partial charge on any atom is -0.812 e. The molecule has 0 amide bonds. The van der Waals surface area contributed by atoms with Gasteiger partial charge in [0.15, 0.2) is 0 Å². The molecular formula is C4H4N4W2. The second-order valence-corrected chi connectivity index (χ2v) is 0.563. The molecule has 0 fully saturated rings. The van der Waals surface area contributed by atoms with Crippen LogP contribution in [0.5, 0.6) is 0 Å². The van der Waals surface area contributed by atoms with Crippen molar-refractivity contribution in [2.75, 3.05) is 0 Å². The Hall–Kier alpha value is 0.0566. The van der Waals surface area contributed by atoms with E-state index in [0.717, 1.165) is 6.20 Å². The predicted molar refractivity (Wildman–Crippen MR) is 33.5 cm³/mol. The quantitative estimate of drug-likeness (QED) is 0.327. The van der Waals surface area contributed by atoms with Crippen molar-refractivity contribution in [3.05, 3.63) is 29.1 Å². The van der Waals surface area contributed by atoms with E-state index in [1.54, 1.807) is 0 Å². The van der Waals surface area contributed by atoms with Gasteiger partial charge in [-0.2, -0.15) is 6.20 Å². The van der Waals surface area contributed by atoms with Crippen molar-refractivity contribution < 1.29 is 42.1 Å². The van der Waals surface area contributed by atoms with E-state index in [2.05, 4.69) is 11.7 Å². The second-order valence-electron chi connectivity index (χ2n) is 0.563. The number of nitrogens with zero attached hydrogens (tertiary/aromatic N) is 4. The summed E-state index contributed by atoms with van der Waals surface area (Å²) in [6.07, 6.45) is 1.92. The molecule has 0 aromatic carbocycles. The molecule has 0 saturated carbocycles. The zero-order chi connectivity index (χ0) is 6.83. The van der Waals surface area contributed by atoms with Gasteiger partial charge in [-0.1, -0.05) is 0 Å². The van der Waals surface area contributed by atoms with Gasteiger partial charge in [0.25, 0.3) is 0 Å². The van der Waals surface area contributed by atoms with Crippen LogP contribution in [0.1, 0.15) is 0 Å². The summed E-state index contributed by atoms with van der Waals surface area (Å²) >= 11 is 0. The molecule has 0 spiro atoms. The van der Waals surface area contributed by atoms with Crippen molar-refractivity contribution in [1.82, 2.24) is 0 Å². The monoisotopic (exact) mass is 476 g/mol. The molecule has 6 heteroatoms. The van der Waals surface area contributed by atoms with Gasteiger partial charge in [-0.3, -0.25) is 0 Å². The van der Waals surface area contributed by atoms with E-state index in [9.17, 15) is 0 Å². The van der Waals surface area contributed by atoms with E-state index in [1.807, 2.05) is 0 Å². The van der Waals surface area contributed by atoms with Gasteiger partial charge < -0.3 is 28.0 Å². The van der Waals surface area contributed by atoms with Crippen molar-refractivity contribution in [2.45, 2.75) is 0 Å². The van der Waals surface area contributed by atoms with Crippen molar-refractivity contribution >= 4 is 12.4 Å². The Morgan fingerprint density at radius 1 is 1.10 bits per heavy atom. The first-order valence-electron chi connectivity index (χ1n) is 1.64. The fourth-order valence-electron chi connectivity index (χ4n) is 0. The molecule has 0 bridgehead atoms. The van der Waals surface area contributed by atoms with Crippen LogP contribution >= 0.6 is 0 Å². The topological polar surface area (TPSA) is 79.3 Å². The van der Waals surface area contributed by atoms with Crippen LogP contribution in [0, 0.1) is 6.58 Å². The summed E-state index contributed by atoms with van der Waals surface area (Å²) in [6.45, 7) is 4.49. The fraction of sp³-hybridized carbons (Fsp3) is 0. The molecule has 0 saturated heterocycles. The molecule has 0 N–H and O–H groups in total. The summed E-state index contributed by atoms with van der Waals surface area (Å²) in [5.41, 5.74) is 7.32. The van der Waals surface area contributed by atoms with Gasteiger partial charge in [0.2, 0.25) is 0 Å². The smallest absolute Gasteiger partial charge is 0.812 e. The first-order valence-corrected chi connectivity index (χ1v) is 1.64. The summed E-state index contributed by atoms with van der Waals surface area (Å²) in [4.78, 5) is 0. The fourth-order valence-corrected chi connectivity index (χ4v) is 0. The van der Waals surface area contributed by atoms with E-state index in [-0.39, 0.29) is 42.1 Å². The Balaban J connectivity index is -0.0000000300. The molecule has 0 unspecified atom stereocenters. The van der Waals surface area contributed by atoms with Crippen LogP contribution in [0.25, 0.3) is 16.3 Å². The van der Waals surface area contributed by atoms with Gasteiger partial charge in [-0.25, -0.2) is 12.4 Å². The molecule has 4 nitrogen and oxygen atoms in total. The van der Waals surface area contributed by atoms with Gasteiger partial charge >= 0.3 is 42.1 Å². The summed E-state index contributed by atoms with van der Waals surface area (Å²) in [5.74, 6) is 0. The SMILES string of the molecule is [CH-]=CN=[N-].[N-]=CC=[N-].[W+2].[W+2]. The molecule has 10 heavy (non-hydrogen) atoms. The molecular weight excluding hydrogens is 472 g/mol. The molecule has 0 rings (SSSR count). The zero-order valence-electron chi connectivity index (χ0n) is 4.91. The standard InChI is InChI=1S/2C2H2N2.2W/c1-2-4-3;3-1-2-4;;/h2*1-2H;;/q2*-2;2*+2. The molecule has 0 aliphatic heterocycles. The molecule has 0 aliphatic rings. The molecule has 0 aromatic heterocycles. The summed E-state index contributed by atoms with van der Waals surface area (Å²) < 4.78 is 0. The van der Waals surface area contributed by atoms with Crippen LogP contribution in [0.3, 0.4) is 0 Å². The maximum atomic E-state index is 7.44. The molecule has 0 heterocycles. The molecule has 0 atom stereocenters. The Labute approximate surface area is 88.5 Å².